The average Bonchev–Trinajstić information content (AvgIpc) is 2.54. The first-order valence-corrected chi connectivity index (χ1v) is 7.92. The summed E-state index contributed by atoms with van der Waals surface area (Å²) in [6.07, 6.45) is 1.22. The zero-order chi connectivity index (χ0) is 14.4. The number of carbonyl (C=O) groups excluding carboxylic acids is 1. The number of hydrogen-bond acceptors (Lipinski definition) is 3. The van der Waals surface area contributed by atoms with Crippen molar-refractivity contribution in [3.05, 3.63) is 72.6 Å². The fraction of sp³-hybridized carbons (Fsp3) is 0.0625. The summed E-state index contributed by atoms with van der Waals surface area (Å²) in [6, 6.07) is 18.3. The minimum atomic E-state index is -2.97. The van der Waals surface area contributed by atoms with E-state index < -0.39 is 13.1 Å². The highest BCUT2D eigenvalue weighted by molar-refractivity contribution is 7.81. The molecule has 0 saturated carbocycles. The minimum absolute atomic E-state index is 0.517. The van der Waals surface area contributed by atoms with Crippen molar-refractivity contribution >= 4 is 23.7 Å². The fourth-order valence-corrected chi connectivity index (χ4v) is 4.06. The van der Waals surface area contributed by atoms with Crippen LogP contribution in [0.25, 0.3) is 0 Å². The molecule has 0 aromatic heterocycles. The summed E-state index contributed by atoms with van der Waals surface area (Å²) in [4.78, 5) is 11.3. The summed E-state index contributed by atoms with van der Waals surface area (Å²) in [5, 5.41) is 1.37. The van der Waals surface area contributed by atoms with Gasteiger partial charge in [0, 0.05) is 16.7 Å². The van der Waals surface area contributed by atoms with Gasteiger partial charge in [-0.15, -0.1) is 0 Å². The molecule has 102 valence electrons. The van der Waals surface area contributed by atoms with Gasteiger partial charge in [-0.3, -0.25) is 0 Å². The summed E-state index contributed by atoms with van der Waals surface area (Å²) in [7, 11) is -1.68. The smallest absolute Gasteiger partial charge is 0.330 e. The Labute approximate surface area is 118 Å². The highest BCUT2D eigenvalue weighted by Crippen LogP contribution is 2.44. The number of rotatable bonds is 4. The predicted octanol–water partition coefficient (Wildman–Crippen LogP) is 2.69. The Morgan fingerprint density at radius 1 is 0.950 bits per heavy atom. The fourth-order valence-electron chi connectivity index (χ4n) is 1.85. The molecule has 0 N–H and O–H groups in total. The molecule has 4 heteroatoms. The van der Waals surface area contributed by atoms with Crippen LogP contribution in [0.4, 0.5) is 0 Å². The monoisotopic (exact) mass is 286 g/mol. The molecule has 2 aromatic rings. The summed E-state index contributed by atoms with van der Waals surface area (Å²) in [5.41, 5.74) is 0. The van der Waals surface area contributed by atoms with E-state index in [0.717, 1.165) is 0 Å². The first-order chi connectivity index (χ1) is 9.66. The maximum absolute atomic E-state index is 13.3. The SMILES string of the molecule is COC(=O)C=CP(=O)(c1ccccc1)c1ccccc1. The average molecular weight is 286 g/mol. The Hall–Kier alpha value is -2.12. The molecule has 0 aliphatic rings. The van der Waals surface area contributed by atoms with Crippen molar-refractivity contribution in [2.75, 3.05) is 7.11 Å². The van der Waals surface area contributed by atoms with Crippen LogP contribution in [-0.2, 0) is 14.1 Å². The molecule has 3 nitrogen and oxygen atoms in total. The summed E-state index contributed by atoms with van der Waals surface area (Å²) in [6.45, 7) is 0. The standard InChI is InChI=1S/C16H15O3P/c1-19-16(17)12-13-20(18,14-8-4-2-5-9-14)15-10-6-3-7-11-15/h2-13H,1H3. The molecule has 20 heavy (non-hydrogen) atoms. The number of benzene rings is 2. The van der Waals surface area contributed by atoms with Crippen LogP contribution in [0, 0.1) is 0 Å². The Morgan fingerprint density at radius 3 is 1.80 bits per heavy atom. The molecule has 0 aliphatic carbocycles. The number of carbonyl (C=O) groups is 1. The van der Waals surface area contributed by atoms with E-state index in [0.29, 0.717) is 10.6 Å². The van der Waals surface area contributed by atoms with Crippen molar-refractivity contribution in [2.45, 2.75) is 0 Å². The van der Waals surface area contributed by atoms with Crippen molar-refractivity contribution in [3.63, 3.8) is 0 Å². The lowest BCUT2D eigenvalue weighted by Crippen LogP contribution is -2.14. The van der Waals surface area contributed by atoms with Crippen molar-refractivity contribution in [3.8, 4) is 0 Å². The van der Waals surface area contributed by atoms with E-state index >= 15 is 0 Å². The van der Waals surface area contributed by atoms with Crippen molar-refractivity contribution < 1.29 is 14.1 Å². The quantitative estimate of drug-likeness (QED) is 0.493. The number of hydrogen-bond donors (Lipinski definition) is 0. The summed E-state index contributed by atoms with van der Waals surface area (Å²) < 4.78 is 17.9. The Balaban J connectivity index is 2.53. The highest BCUT2D eigenvalue weighted by atomic mass is 31.2. The second-order valence-electron chi connectivity index (χ2n) is 4.17. The van der Waals surface area contributed by atoms with Crippen LogP contribution in [0.2, 0.25) is 0 Å². The molecule has 0 fully saturated rings. The van der Waals surface area contributed by atoms with Gasteiger partial charge in [0.1, 0.15) is 0 Å². The lowest BCUT2D eigenvalue weighted by atomic mass is 10.4. The second kappa shape index (κ2) is 6.36. The van der Waals surface area contributed by atoms with Crippen LogP contribution in [0.15, 0.2) is 72.6 Å². The van der Waals surface area contributed by atoms with Crippen LogP contribution < -0.4 is 10.6 Å². The van der Waals surface area contributed by atoms with Gasteiger partial charge in [0.2, 0.25) is 0 Å². The summed E-state index contributed by atoms with van der Waals surface area (Å²) in [5.74, 6) is 0.931. The topological polar surface area (TPSA) is 43.4 Å². The van der Waals surface area contributed by atoms with E-state index in [4.69, 9.17) is 0 Å². The van der Waals surface area contributed by atoms with Gasteiger partial charge in [0.05, 0.1) is 7.11 Å². The molecule has 0 radical (unpaired) electrons. The van der Waals surface area contributed by atoms with E-state index in [1.807, 2.05) is 36.4 Å². The van der Waals surface area contributed by atoms with Crippen LogP contribution in [0.5, 0.6) is 0 Å². The molecular weight excluding hydrogens is 271 g/mol. The predicted molar refractivity (Wildman–Crippen MR) is 80.9 cm³/mol. The molecule has 0 amide bonds. The van der Waals surface area contributed by atoms with Crippen molar-refractivity contribution in [2.24, 2.45) is 0 Å². The van der Waals surface area contributed by atoms with Crippen LogP contribution in [0.3, 0.4) is 0 Å². The minimum Gasteiger partial charge on any atom is -0.466 e. The second-order valence-corrected chi connectivity index (χ2v) is 6.81. The summed E-state index contributed by atoms with van der Waals surface area (Å²) >= 11 is 0. The highest BCUT2D eigenvalue weighted by Gasteiger charge is 2.24. The molecule has 0 atom stereocenters. The largest absolute Gasteiger partial charge is 0.466 e. The van der Waals surface area contributed by atoms with Gasteiger partial charge < -0.3 is 9.30 Å². The van der Waals surface area contributed by atoms with Gasteiger partial charge in [-0.1, -0.05) is 60.7 Å². The molecule has 0 saturated heterocycles. The first-order valence-electron chi connectivity index (χ1n) is 6.15. The van der Waals surface area contributed by atoms with E-state index in [-0.39, 0.29) is 0 Å². The van der Waals surface area contributed by atoms with Crippen molar-refractivity contribution in [1.82, 2.24) is 0 Å². The van der Waals surface area contributed by atoms with Gasteiger partial charge >= 0.3 is 5.97 Å². The maximum atomic E-state index is 13.3. The zero-order valence-corrected chi connectivity index (χ0v) is 12.0. The normalized spacial score (nSPS) is 11.4. The Kier molecular flexibility index (Phi) is 4.54. The molecular formula is C16H15O3P. The molecule has 0 bridgehead atoms. The zero-order valence-electron chi connectivity index (χ0n) is 11.1. The lowest BCUT2D eigenvalue weighted by molar-refractivity contribution is -0.134. The Morgan fingerprint density at radius 2 is 1.40 bits per heavy atom. The Bertz CT molecular complexity index is 604. The number of ether oxygens (including phenoxy) is 1. The molecule has 2 aromatic carbocycles. The third kappa shape index (κ3) is 3.06. The van der Waals surface area contributed by atoms with Gasteiger partial charge in [-0.2, -0.15) is 0 Å². The third-order valence-electron chi connectivity index (χ3n) is 2.90. The van der Waals surface area contributed by atoms with Crippen LogP contribution in [-0.4, -0.2) is 13.1 Å². The van der Waals surface area contributed by atoms with Crippen LogP contribution in [0.1, 0.15) is 0 Å². The lowest BCUT2D eigenvalue weighted by Gasteiger charge is -2.15. The number of methoxy groups -OCH3 is 1. The van der Waals surface area contributed by atoms with Gasteiger partial charge in [0.15, 0.2) is 7.14 Å². The third-order valence-corrected chi connectivity index (χ3v) is 5.60. The van der Waals surface area contributed by atoms with E-state index in [1.54, 1.807) is 24.3 Å². The van der Waals surface area contributed by atoms with E-state index in [1.165, 1.54) is 19.0 Å². The van der Waals surface area contributed by atoms with E-state index in [2.05, 4.69) is 4.74 Å². The maximum Gasteiger partial charge on any atom is 0.330 e. The molecule has 0 spiro atoms. The van der Waals surface area contributed by atoms with Gasteiger partial charge in [0.25, 0.3) is 0 Å². The van der Waals surface area contributed by atoms with Crippen LogP contribution >= 0.6 is 7.14 Å². The first kappa shape index (κ1) is 14.3. The van der Waals surface area contributed by atoms with Crippen molar-refractivity contribution in [1.29, 1.82) is 0 Å². The molecule has 0 aliphatic heterocycles. The van der Waals surface area contributed by atoms with Gasteiger partial charge in [-0.05, 0) is 5.82 Å². The molecule has 0 unspecified atom stereocenters. The molecule has 0 heterocycles. The number of esters is 1. The molecule has 2 rings (SSSR count). The van der Waals surface area contributed by atoms with Gasteiger partial charge in [-0.25, -0.2) is 4.79 Å². The van der Waals surface area contributed by atoms with E-state index in [9.17, 15) is 9.36 Å².